The Bertz CT molecular complexity index is 1580. The highest BCUT2D eigenvalue weighted by atomic mass is 16.6. The minimum absolute atomic E-state index is 0.00708. The summed E-state index contributed by atoms with van der Waals surface area (Å²) in [5.74, 6) is 0.948. The molecule has 10 nitrogen and oxygen atoms in total. The van der Waals surface area contributed by atoms with E-state index in [-0.39, 0.29) is 19.8 Å². The van der Waals surface area contributed by atoms with Crippen molar-refractivity contribution >= 4 is 29.8 Å². The first-order valence-electron chi connectivity index (χ1n) is 15.0. The third kappa shape index (κ3) is 9.30. The van der Waals surface area contributed by atoms with Crippen molar-refractivity contribution in [3.63, 3.8) is 0 Å². The Balaban J connectivity index is 1.18. The lowest BCUT2D eigenvalue weighted by atomic mass is 10.1. The number of fused-ring (bicyclic) bond motifs is 1. The van der Waals surface area contributed by atoms with Crippen LogP contribution in [0.5, 0.6) is 5.75 Å². The van der Waals surface area contributed by atoms with Gasteiger partial charge in [0.2, 0.25) is 0 Å². The molecule has 45 heavy (non-hydrogen) atoms. The lowest BCUT2D eigenvalue weighted by molar-refractivity contribution is -0.147. The Morgan fingerprint density at radius 1 is 0.933 bits per heavy atom. The fourth-order valence-corrected chi connectivity index (χ4v) is 4.83. The van der Waals surface area contributed by atoms with Crippen LogP contribution in [0, 0.1) is 5.41 Å². The van der Waals surface area contributed by atoms with Gasteiger partial charge in [-0.3, -0.25) is 0 Å². The van der Waals surface area contributed by atoms with Crippen molar-refractivity contribution in [1.82, 2.24) is 10.3 Å². The third-order valence-corrected chi connectivity index (χ3v) is 7.27. The Morgan fingerprint density at radius 2 is 1.67 bits per heavy atom. The Kier molecular flexibility index (Phi) is 11.0. The lowest BCUT2D eigenvalue weighted by Crippen LogP contribution is -2.46. The predicted octanol–water partition coefficient (Wildman–Crippen LogP) is 5.51. The lowest BCUT2D eigenvalue weighted by Gasteiger charge is -2.20. The molecule has 0 saturated carbocycles. The Morgan fingerprint density at radius 3 is 2.40 bits per heavy atom. The number of carbonyl (C=O) groups is 2. The molecule has 4 N–H and O–H groups in total. The Labute approximate surface area is 262 Å². The smallest absolute Gasteiger partial charge is 0.408 e. The molecule has 0 fully saturated rings. The minimum atomic E-state index is -1.05. The van der Waals surface area contributed by atoms with E-state index in [1.165, 1.54) is 11.8 Å². The molecule has 1 aliphatic heterocycles. The highest BCUT2D eigenvalue weighted by molar-refractivity contribution is 5.87. The van der Waals surface area contributed by atoms with Crippen LogP contribution < -0.4 is 20.7 Å². The highest BCUT2D eigenvalue weighted by Gasteiger charge is 2.24. The number of amides is 1. The highest BCUT2D eigenvalue weighted by Crippen LogP contribution is 2.22. The topological polar surface area (TPSA) is 135 Å². The predicted molar refractivity (Wildman–Crippen MR) is 173 cm³/mol. The molecule has 1 amide bonds. The summed E-state index contributed by atoms with van der Waals surface area (Å²) in [6.07, 6.45) is 3.27. The summed E-state index contributed by atoms with van der Waals surface area (Å²) in [6.45, 7) is 1.50. The summed E-state index contributed by atoms with van der Waals surface area (Å²) in [6, 6.07) is 27.0. The van der Waals surface area contributed by atoms with Crippen LogP contribution >= 0.6 is 0 Å². The SMILES string of the molecule is N=Cc1cc(OCCc2ccc3c(n2)NCCC3)ccc1NCC(NC(=O)OCc1ccccc1)C(=O)OCc1ccccc1. The van der Waals surface area contributed by atoms with Crippen molar-refractivity contribution in [3.05, 3.63) is 119 Å². The number of aryl methyl sites for hydroxylation is 1. The third-order valence-electron chi connectivity index (χ3n) is 7.27. The van der Waals surface area contributed by atoms with E-state index in [0.29, 0.717) is 30.0 Å². The van der Waals surface area contributed by atoms with Crippen LogP contribution in [-0.4, -0.2) is 49.0 Å². The number of ether oxygens (including phenoxy) is 3. The maximum absolute atomic E-state index is 13.1. The zero-order valence-electron chi connectivity index (χ0n) is 25.0. The molecule has 4 aromatic rings. The molecular weight excluding hydrogens is 570 g/mol. The number of hydrogen-bond acceptors (Lipinski definition) is 9. The number of carbonyl (C=O) groups excluding carboxylic acids is 2. The summed E-state index contributed by atoms with van der Waals surface area (Å²) in [5.41, 5.74) is 5.00. The van der Waals surface area contributed by atoms with Gasteiger partial charge >= 0.3 is 12.1 Å². The monoisotopic (exact) mass is 607 g/mol. The van der Waals surface area contributed by atoms with E-state index in [1.807, 2.05) is 66.7 Å². The number of benzene rings is 3. The van der Waals surface area contributed by atoms with Gasteiger partial charge in [-0.1, -0.05) is 66.7 Å². The van der Waals surface area contributed by atoms with Gasteiger partial charge < -0.3 is 35.6 Å². The molecule has 0 radical (unpaired) electrons. The first-order valence-corrected chi connectivity index (χ1v) is 15.0. The van der Waals surface area contributed by atoms with Crippen LogP contribution in [0.4, 0.5) is 16.3 Å². The number of aromatic nitrogens is 1. The first kappa shape index (κ1) is 31.1. The number of nitrogens with one attached hydrogen (secondary N) is 4. The van der Waals surface area contributed by atoms with Gasteiger partial charge in [0.05, 0.1) is 6.61 Å². The second-order valence-corrected chi connectivity index (χ2v) is 10.6. The molecule has 1 unspecified atom stereocenters. The fourth-order valence-electron chi connectivity index (χ4n) is 4.83. The summed E-state index contributed by atoms with van der Waals surface area (Å²) in [5, 5.41) is 17.1. The number of alkyl carbamates (subject to hydrolysis) is 1. The summed E-state index contributed by atoms with van der Waals surface area (Å²) in [7, 11) is 0. The van der Waals surface area contributed by atoms with Gasteiger partial charge in [-0.2, -0.15) is 0 Å². The van der Waals surface area contributed by atoms with E-state index in [0.717, 1.165) is 42.0 Å². The average molecular weight is 608 g/mol. The van der Waals surface area contributed by atoms with Gasteiger partial charge in [0.1, 0.15) is 30.8 Å². The maximum Gasteiger partial charge on any atom is 0.408 e. The van der Waals surface area contributed by atoms with Crippen molar-refractivity contribution < 1.29 is 23.8 Å². The zero-order valence-corrected chi connectivity index (χ0v) is 25.0. The van der Waals surface area contributed by atoms with Crippen LogP contribution in [0.25, 0.3) is 0 Å². The molecule has 0 saturated heterocycles. The molecule has 0 spiro atoms. The van der Waals surface area contributed by atoms with Crippen LogP contribution in [0.15, 0.2) is 91.0 Å². The summed E-state index contributed by atoms with van der Waals surface area (Å²) < 4.78 is 16.8. The second-order valence-electron chi connectivity index (χ2n) is 10.6. The fraction of sp³-hybridized carbons (Fsp3) is 0.257. The molecule has 1 atom stereocenters. The average Bonchev–Trinajstić information content (AvgIpc) is 3.09. The van der Waals surface area contributed by atoms with Crippen LogP contribution in [-0.2, 0) is 40.3 Å². The van der Waals surface area contributed by atoms with E-state index in [2.05, 4.69) is 22.0 Å². The van der Waals surface area contributed by atoms with Gasteiger partial charge in [0, 0.05) is 42.7 Å². The molecule has 1 aliphatic rings. The van der Waals surface area contributed by atoms with Crippen molar-refractivity contribution in [3.8, 4) is 5.75 Å². The van der Waals surface area contributed by atoms with Crippen LogP contribution in [0.1, 0.15) is 34.4 Å². The maximum atomic E-state index is 13.1. The van der Waals surface area contributed by atoms with Gasteiger partial charge in [-0.15, -0.1) is 0 Å². The molecule has 232 valence electrons. The largest absolute Gasteiger partial charge is 0.493 e. The molecule has 1 aromatic heterocycles. The summed E-state index contributed by atoms with van der Waals surface area (Å²) >= 11 is 0. The number of nitrogens with zero attached hydrogens (tertiary/aromatic N) is 1. The molecule has 0 aliphatic carbocycles. The Hall–Kier alpha value is -5.38. The van der Waals surface area contributed by atoms with E-state index < -0.39 is 18.1 Å². The number of pyridine rings is 1. The summed E-state index contributed by atoms with van der Waals surface area (Å²) in [4.78, 5) is 30.4. The standard InChI is InChI=1S/C35H37N5O5/c36-21-28-20-30(43-19-17-29-14-13-27-12-7-18-37-33(27)39-29)15-16-31(28)38-22-32(34(41)44-23-25-8-3-1-4-9-25)40-35(42)45-24-26-10-5-2-6-11-26/h1-6,8-11,13-16,20-21,32,36,38H,7,12,17-19,22-24H2,(H,37,39)(H,40,42). The van der Waals surface area contributed by atoms with E-state index in [1.54, 1.807) is 18.2 Å². The van der Waals surface area contributed by atoms with Crippen LogP contribution in [0.2, 0.25) is 0 Å². The van der Waals surface area contributed by atoms with E-state index in [9.17, 15) is 9.59 Å². The molecule has 3 aromatic carbocycles. The number of esters is 1. The van der Waals surface area contributed by atoms with Crippen molar-refractivity contribution in [1.29, 1.82) is 5.41 Å². The van der Waals surface area contributed by atoms with Gasteiger partial charge in [-0.05, 0) is 53.8 Å². The zero-order chi connectivity index (χ0) is 31.3. The number of rotatable bonds is 14. The van der Waals surface area contributed by atoms with Crippen molar-refractivity contribution in [2.75, 3.05) is 30.3 Å². The van der Waals surface area contributed by atoms with Gasteiger partial charge in [-0.25, -0.2) is 14.6 Å². The second kappa shape index (κ2) is 15.9. The minimum Gasteiger partial charge on any atom is -0.493 e. The number of hydrogen-bond donors (Lipinski definition) is 4. The van der Waals surface area contributed by atoms with E-state index in [4.69, 9.17) is 24.6 Å². The quantitative estimate of drug-likeness (QED) is 0.109. The number of anilines is 2. The first-order chi connectivity index (χ1) is 22.1. The normalized spacial score (nSPS) is 12.5. The molecule has 10 heteroatoms. The molecule has 0 bridgehead atoms. The van der Waals surface area contributed by atoms with Gasteiger partial charge in [0.25, 0.3) is 0 Å². The van der Waals surface area contributed by atoms with Gasteiger partial charge in [0.15, 0.2) is 0 Å². The van der Waals surface area contributed by atoms with Crippen molar-refractivity contribution in [2.45, 2.75) is 38.5 Å². The molecule has 2 heterocycles. The molecule has 5 rings (SSSR count). The van der Waals surface area contributed by atoms with Crippen molar-refractivity contribution in [2.24, 2.45) is 0 Å². The van der Waals surface area contributed by atoms with Crippen LogP contribution in [0.3, 0.4) is 0 Å². The van der Waals surface area contributed by atoms with E-state index >= 15 is 0 Å². The molecular formula is C35H37N5O5.